The molecule has 2 N–H and O–H groups in total. The summed E-state index contributed by atoms with van der Waals surface area (Å²) in [6, 6.07) is 3.31. The van der Waals surface area contributed by atoms with Gasteiger partial charge in [-0.1, -0.05) is 0 Å². The Morgan fingerprint density at radius 2 is 2.20 bits per heavy atom. The van der Waals surface area contributed by atoms with Crippen LogP contribution in [-0.2, 0) is 0 Å². The predicted octanol–water partition coefficient (Wildman–Crippen LogP) is 0.381. The molecule has 1 aromatic carbocycles. The summed E-state index contributed by atoms with van der Waals surface area (Å²) in [4.78, 5) is 27.0. The highest BCUT2D eigenvalue weighted by Gasteiger charge is 2.37. The number of rotatable bonds is 1. The van der Waals surface area contributed by atoms with E-state index < -0.39 is 11.7 Å². The number of nitrogens with zero attached hydrogens (tertiary/aromatic N) is 2. The van der Waals surface area contributed by atoms with Gasteiger partial charge in [0, 0.05) is 32.2 Å². The molecule has 0 aromatic heterocycles. The lowest BCUT2D eigenvalue weighted by Crippen LogP contribution is -2.53. The monoisotopic (exact) mass is 279 g/mol. The van der Waals surface area contributed by atoms with Crippen LogP contribution in [0.3, 0.4) is 0 Å². The van der Waals surface area contributed by atoms with Crippen molar-refractivity contribution in [3.8, 4) is 5.75 Å². The van der Waals surface area contributed by atoms with Crippen LogP contribution in [0.2, 0.25) is 0 Å². The average molecular weight is 279 g/mol. The number of carbonyl (C=O) groups excluding carboxylic acids is 2. The number of amides is 3. The number of aromatic hydroxyl groups is 1. The van der Waals surface area contributed by atoms with Crippen LogP contribution in [0.25, 0.3) is 0 Å². The van der Waals surface area contributed by atoms with Crippen LogP contribution < -0.4 is 5.32 Å². The van der Waals surface area contributed by atoms with Gasteiger partial charge >= 0.3 is 6.03 Å². The first kappa shape index (κ1) is 12.7. The zero-order valence-electron chi connectivity index (χ0n) is 10.7. The van der Waals surface area contributed by atoms with Crippen LogP contribution in [0.5, 0.6) is 5.75 Å². The van der Waals surface area contributed by atoms with Gasteiger partial charge in [0.1, 0.15) is 11.6 Å². The number of phenols is 1. The third-order valence-corrected chi connectivity index (χ3v) is 3.70. The molecule has 0 spiro atoms. The van der Waals surface area contributed by atoms with Crippen LogP contribution >= 0.6 is 0 Å². The molecule has 0 saturated carbocycles. The number of hydrogen-bond acceptors (Lipinski definition) is 3. The number of carbonyl (C=O) groups is 2. The number of phenolic OH excluding ortho intramolecular Hbond substituents is 1. The van der Waals surface area contributed by atoms with E-state index in [4.69, 9.17) is 5.11 Å². The van der Waals surface area contributed by atoms with Crippen molar-refractivity contribution < 1.29 is 19.1 Å². The Morgan fingerprint density at radius 3 is 2.95 bits per heavy atom. The lowest BCUT2D eigenvalue weighted by Gasteiger charge is -2.36. The molecular weight excluding hydrogens is 265 g/mol. The zero-order chi connectivity index (χ0) is 14.3. The summed E-state index contributed by atoms with van der Waals surface area (Å²) in [6.07, 6.45) is 0. The van der Waals surface area contributed by atoms with E-state index in [9.17, 15) is 14.0 Å². The molecule has 1 atom stereocenters. The van der Waals surface area contributed by atoms with Gasteiger partial charge in [0.25, 0.3) is 5.91 Å². The maximum absolute atomic E-state index is 13.7. The minimum atomic E-state index is -0.738. The van der Waals surface area contributed by atoms with Crippen molar-refractivity contribution in [3.63, 3.8) is 0 Å². The van der Waals surface area contributed by atoms with Gasteiger partial charge in [0.05, 0.1) is 11.6 Å². The fraction of sp³-hybridized carbons (Fsp3) is 0.385. The molecule has 0 radical (unpaired) electrons. The van der Waals surface area contributed by atoms with Crippen LogP contribution in [0, 0.1) is 5.82 Å². The van der Waals surface area contributed by atoms with E-state index in [1.807, 2.05) is 0 Å². The molecule has 0 bridgehead atoms. The fourth-order valence-electron chi connectivity index (χ4n) is 2.64. The summed E-state index contributed by atoms with van der Waals surface area (Å²) >= 11 is 0. The standard InChI is InChI=1S/C13H14FN3O3/c14-11-5-9(18)1-2-10(11)12(19)16-3-4-17-8(7-16)6-15-13(17)20/h1-2,5,8,18H,3-4,6-7H2,(H,15,20). The third-order valence-electron chi connectivity index (χ3n) is 3.70. The van der Waals surface area contributed by atoms with Gasteiger partial charge in [-0.15, -0.1) is 0 Å². The predicted molar refractivity (Wildman–Crippen MR) is 67.9 cm³/mol. The van der Waals surface area contributed by atoms with E-state index in [2.05, 4.69) is 5.32 Å². The summed E-state index contributed by atoms with van der Waals surface area (Å²) in [5.74, 6) is -1.37. The second-order valence-corrected chi connectivity index (χ2v) is 4.95. The smallest absolute Gasteiger partial charge is 0.317 e. The Balaban J connectivity index is 1.77. The molecule has 3 amide bonds. The Morgan fingerprint density at radius 1 is 1.40 bits per heavy atom. The molecule has 1 aromatic rings. The first-order valence-electron chi connectivity index (χ1n) is 6.38. The van der Waals surface area contributed by atoms with E-state index in [0.29, 0.717) is 26.2 Å². The summed E-state index contributed by atoms with van der Waals surface area (Å²) in [5.41, 5.74) is -0.0615. The number of fused-ring (bicyclic) bond motifs is 1. The maximum atomic E-state index is 13.7. The molecule has 2 heterocycles. The average Bonchev–Trinajstić information content (AvgIpc) is 2.79. The molecule has 3 rings (SSSR count). The van der Waals surface area contributed by atoms with Gasteiger partial charge in [-0.3, -0.25) is 4.79 Å². The minimum Gasteiger partial charge on any atom is -0.508 e. The summed E-state index contributed by atoms with van der Waals surface area (Å²) in [6.45, 7) is 1.71. The van der Waals surface area contributed by atoms with E-state index >= 15 is 0 Å². The number of halogens is 1. The van der Waals surface area contributed by atoms with E-state index in [0.717, 1.165) is 6.07 Å². The van der Waals surface area contributed by atoms with Gasteiger partial charge < -0.3 is 20.2 Å². The second-order valence-electron chi connectivity index (χ2n) is 4.95. The molecule has 6 nitrogen and oxygen atoms in total. The molecule has 106 valence electrons. The van der Waals surface area contributed by atoms with Gasteiger partial charge in [-0.05, 0) is 12.1 Å². The quantitative estimate of drug-likeness (QED) is 0.780. The number of hydrogen-bond donors (Lipinski definition) is 2. The van der Waals surface area contributed by atoms with Gasteiger partial charge in [0.2, 0.25) is 0 Å². The molecular formula is C13H14FN3O3. The summed E-state index contributed by atoms with van der Waals surface area (Å²) < 4.78 is 13.7. The van der Waals surface area contributed by atoms with Crippen molar-refractivity contribution in [1.29, 1.82) is 0 Å². The minimum absolute atomic E-state index is 0.0552. The van der Waals surface area contributed by atoms with Gasteiger partial charge in [-0.2, -0.15) is 0 Å². The maximum Gasteiger partial charge on any atom is 0.317 e. The second kappa shape index (κ2) is 4.66. The molecule has 0 aliphatic carbocycles. The van der Waals surface area contributed by atoms with Gasteiger partial charge in [0.15, 0.2) is 0 Å². The van der Waals surface area contributed by atoms with E-state index in [1.54, 1.807) is 4.90 Å². The Hall–Kier alpha value is -2.31. The van der Waals surface area contributed by atoms with Crippen LogP contribution in [-0.4, -0.2) is 59.1 Å². The van der Waals surface area contributed by atoms with Crippen LogP contribution in [0.15, 0.2) is 18.2 Å². The Bertz CT molecular complexity index is 578. The number of piperazine rings is 1. The van der Waals surface area contributed by atoms with Crippen LogP contribution in [0.4, 0.5) is 9.18 Å². The lowest BCUT2D eigenvalue weighted by atomic mass is 10.1. The summed E-state index contributed by atoms with van der Waals surface area (Å²) in [5, 5.41) is 11.9. The molecule has 20 heavy (non-hydrogen) atoms. The highest BCUT2D eigenvalue weighted by molar-refractivity contribution is 5.95. The number of urea groups is 1. The SMILES string of the molecule is O=C(c1ccc(O)cc1F)N1CCN2C(=O)NCC2C1. The van der Waals surface area contributed by atoms with Crippen molar-refractivity contribution in [2.45, 2.75) is 6.04 Å². The zero-order valence-corrected chi connectivity index (χ0v) is 10.7. The Kier molecular flexibility index (Phi) is 2.96. The largest absolute Gasteiger partial charge is 0.508 e. The van der Waals surface area contributed by atoms with Crippen molar-refractivity contribution in [1.82, 2.24) is 15.1 Å². The molecule has 2 saturated heterocycles. The normalized spacial score (nSPS) is 21.6. The molecule has 2 aliphatic heterocycles. The van der Waals surface area contributed by atoms with Crippen LogP contribution in [0.1, 0.15) is 10.4 Å². The van der Waals surface area contributed by atoms with Crippen molar-refractivity contribution >= 4 is 11.9 Å². The van der Waals surface area contributed by atoms with Crippen molar-refractivity contribution in [2.75, 3.05) is 26.2 Å². The number of benzene rings is 1. The third kappa shape index (κ3) is 2.04. The molecule has 1 unspecified atom stereocenters. The van der Waals surface area contributed by atoms with E-state index in [-0.39, 0.29) is 23.4 Å². The number of nitrogens with one attached hydrogen (secondary N) is 1. The van der Waals surface area contributed by atoms with Crippen molar-refractivity contribution in [2.24, 2.45) is 0 Å². The fourth-order valence-corrected chi connectivity index (χ4v) is 2.64. The molecule has 2 fully saturated rings. The highest BCUT2D eigenvalue weighted by atomic mass is 19.1. The first-order valence-corrected chi connectivity index (χ1v) is 6.38. The molecule has 2 aliphatic rings. The summed E-state index contributed by atoms with van der Waals surface area (Å²) in [7, 11) is 0. The first-order chi connectivity index (χ1) is 9.56. The van der Waals surface area contributed by atoms with E-state index in [1.165, 1.54) is 17.0 Å². The van der Waals surface area contributed by atoms with Gasteiger partial charge in [-0.25, -0.2) is 9.18 Å². The highest BCUT2D eigenvalue weighted by Crippen LogP contribution is 2.20. The topological polar surface area (TPSA) is 72.9 Å². The van der Waals surface area contributed by atoms with Crippen molar-refractivity contribution in [3.05, 3.63) is 29.6 Å². The lowest BCUT2D eigenvalue weighted by molar-refractivity contribution is 0.0612. The molecule has 7 heteroatoms. The Labute approximate surface area is 114 Å².